The molecule has 1 amide bonds. The predicted molar refractivity (Wildman–Crippen MR) is 83.5 cm³/mol. The van der Waals surface area contributed by atoms with E-state index in [1.54, 1.807) is 13.3 Å². The number of nitrogens with two attached hydrogens (primary N) is 1. The lowest BCUT2D eigenvalue weighted by molar-refractivity contribution is -0.140. The quantitative estimate of drug-likeness (QED) is 0.869. The van der Waals surface area contributed by atoms with Crippen molar-refractivity contribution in [2.24, 2.45) is 5.92 Å². The summed E-state index contributed by atoms with van der Waals surface area (Å²) in [7, 11) is 1.67. The zero-order valence-corrected chi connectivity index (χ0v) is 13.2. The van der Waals surface area contributed by atoms with Crippen LogP contribution in [0.3, 0.4) is 0 Å². The van der Waals surface area contributed by atoms with Crippen molar-refractivity contribution in [3.8, 4) is 0 Å². The number of amides is 1. The van der Waals surface area contributed by atoms with Gasteiger partial charge in [0.05, 0.1) is 12.5 Å². The summed E-state index contributed by atoms with van der Waals surface area (Å²) in [5.74, 6) is 1.41. The normalized spacial score (nSPS) is 24.7. The Morgan fingerprint density at radius 1 is 1.41 bits per heavy atom. The summed E-state index contributed by atoms with van der Waals surface area (Å²) in [5, 5.41) is 0. The Kier molecular flexibility index (Phi) is 4.15. The predicted octanol–water partition coefficient (Wildman–Crippen LogP) is 0.441. The molecule has 0 spiro atoms. The fourth-order valence-electron chi connectivity index (χ4n) is 3.46. The highest BCUT2D eigenvalue weighted by atomic mass is 16.5. The molecule has 4 rings (SSSR count). The second kappa shape index (κ2) is 6.08. The summed E-state index contributed by atoms with van der Waals surface area (Å²) in [6.45, 7) is 4.72. The summed E-state index contributed by atoms with van der Waals surface area (Å²) in [6.07, 6.45) is 3.73. The van der Waals surface area contributed by atoms with Crippen LogP contribution in [0.4, 0.5) is 11.8 Å². The fourth-order valence-corrected chi connectivity index (χ4v) is 3.46. The number of carbonyl (C=O) groups excluding carboxylic acids is 1. The lowest BCUT2D eigenvalue weighted by Crippen LogP contribution is -2.49. The lowest BCUT2D eigenvalue weighted by atomic mass is 9.94. The van der Waals surface area contributed by atoms with Crippen LogP contribution >= 0.6 is 0 Å². The lowest BCUT2D eigenvalue weighted by Gasteiger charge is -2.35. The number of anilines is 2. The van der Waals surface area contributed by atoms with Crippen LogP contribution in [-0.4, -0.2) is 60.2 Å². The second-order valence-corrected chi connectivity index (χ2v) is 6.09. The molecule has 120 valence electrons. The number of aryl methyl sites for hydroxylation is 1. The average molecular weight is 305 g/mol. The number of nitrogens with zero attached hydrogens (tertiary/aromatic N) is 4. The zero-order valence-electron chi connectivity index (χ0n) is 13.2. The number of methoxy groups -OCH3 is 1. The van der Waals surface area contributed by atoms with Crippen molar-refractivity contribution in [3.63, 3.8) is 0 Å². The first-order valence-corrected chi connectivity index (χ1v) is 7.73. The molecule has 4 heterocycles. The van der Waals surface area contributed by atoms with Crippen molar-refractivity contribution >= 4 is 17.7 Å². The monoisotopic (exact) mass is 305 g/mol. The molecule has 3 fully saturated rings. The van der Waals surface area contributed by atoms with Crippen LogP contribution in [0.2, 0.25) is 0 Å². The molecule has 1 aromatic rings. The van der Waals surface area contributed by atoms with E-state index in [4.69, 9.17) is 10.5 Å². The van der Waals surface area contributed by atoms with Gasteiger partial charge in [-0.15, -0.1) is 0 Å². The minimum atomic E-state index is 0.0335. The minimum absolute atomic E-state index is 0.0335. The van der Waals surface area contributed by atoms with Gasteiger partial charge in [-0.1, -0.05) is 0 Å². The standard InChI is InChI=1S/C15H23N5O2/c1-10-7-17-15(16)18-13(10)19-8-11-3-4-12(9-19)20(14(11)21)5-6-22-2/h7,11-12H,3-6,8-9H2,1-2H3,(H2,16,17,18). The molecule has 3 saturated heterocycles. The highest BCUT2D eigenvalue weighted by Gasteiger charge is 2.41. The summed E-state index contributed by atoms with van der Waals surface area (Å²) in [5.41, 5.74) is 6.73. The van der Waals surface area contributed by atoms with Gasteiger partial charge in [-0.3, -0.25) is 4.79 Å². The van der Waals surface area contributed by atoms with Crippen LogP contribution in [0.5, 0.6) is 0 Å². The van der Waals surface area contributed by atoms with E-state index < -0.39 is 0 Å². The van der Waals surface area contributed by atoms with Crippen LogP contribution in [0.1, 0.15) is 18.4 Å². The molecular weight excluding hydrogens is 282 g/mol. The van der Waals surface area contributed by atoms with E-state index >= 15 is 0 Å². The number of carbonyl (C=O) groups is 1. The van der Waals surface area contributed by atoms with Crippen molar-refractivity contribution in [1.29, 1.82) is 0 Å². The van der Waals surface area contributed by atoms with Crippen LogP contribution in [0.25, 0.3) is 0 Å². The van der Waals surface area contributed by atoms with Gasteiger partial charge in [-0.2, -0.15) is 4.98 Å². The maximum Gasteiger partial charge on any atom is 0.227 e. The molecule has 3 aliphatic rings. The Morgan fingerprint density at radius 3 is 3.00 bits per heavy atom. The van der Waals surface area contributed by atoms with Gasteiger partial charge in [0.15, 0.2) is 0 Å². The molecule has 0 aliphatic carbocycles. The second-order valence-electron chi connectivity index (χ2n) is 6.09. The number of hydrogen-bond donors (Lipinski definition) is 1. The van der Waals surface area contributed by atoms with Crippen molar-refractivity contribution in [3.05, 3.63) is 11.8 Å². The summed E-state index contributed by atoms with van der Waals surface area (Å²) in [6, 6.07) is 0.219. The van der Waals surface area contributed by atoms with Crippen LogP contribution in [0.15, 0.2) is 6.20 Å². The summed E-state index contributed by atoms with van der Waals surface area (Å²) >= 11 is 0. The van der Waals surface area contributed by atoms with Gasteiger partial charge in [0, 0.05) is 44.5 Å². The van der Waals surface area contributed by atoms with Gasteiger partial charge >= 0.3 is 0 Å². The van der Waals surface area contributed by atoms with Crippen molar-refractivity contribution in [1.82, 2.24) is 14.9 Å². The molecule has 0 saturated carbocycles. The zero-order chi connectivity index (χ0) is 15.7. The molecule has 0 aromatic carbocycles. The maximum atomic E-state index is 12.6. The van der Waals surface area contributed by atoms with Gasteiger partial charge in [-0.25, -0.2) is 4.98 Å². The number of rotatable bonds is 4. The molecule has 3 aliphatic heterocycles. The van der Waals surface area contributed by atoms with Crippen LogP contribution in [0, 0.1) is 12.8 Å². The molecular formula is C15H23N5O2. The van der Waals surface area contributed by atoms with Gasteiger partial charge in [-0.05, 0) is 19.8 Å². The molecule has 2 bridgehead atoms. The van der Waals surface area contributed by atoms with E-state index in [9.17, 15) is 4.79 Å². The molecule has 2 atom stereocenters. The van der Waals surface area contributed by atoms with E-state index in [2.05, 4.69) is 14.9 Å². The molecule has 7 nitrogen and oxygen atoms in total. The van der Waals surface area contributed by atoms with Gasteiger partial charge < -0.3 is 20.3 Å². The Morgan fingerprint density at radius 2 is 2.23 bits per heavy atom. The Balaban J connectivity index is 1.85. The van der Waals surface area contributed by atoms with E-state index in [0.29, 0.717) is 19.7 Å². The topological polar surface area (TPSA) is 84.6 Å². The number of piperidine rings is 1. The number of aromatic nitrogens is 2. The van der Waals surface area contributed by atoms with Gasteiger partial charge in [0.1, 0.15) is 5.82 Å². The Hall–Kier alpha value is -1.89. The molecule has 2 N–H and O–H groups in total. The maximum absolute atomic E-state index is 12.6. The number of ether oxygens (including phenoxy) is 1. The number of fused-ring (bicyclic) bond motifs is 4. The van der Waals surface area contributed by atoms with E-state index in [1.165, 1.54) is 0 Å². The molecule has 22 heavy (non-hydrogen) atoms. The first kappa shape index (κ1) is 15.0. The SMILES string of the molecule is COCCN1C(=O)C2CCC1CN(c1nc(N)ncc1C)C2. The Labute approximate surface area is 130 Å². The summed E-state index contributed by atoms with van der Waals surface area (Å²) < 4.78 is 5.14. The van der Waals surface area contributed by atoms with Crippen molar-refractivity contribution < 1.29 is 9.53 Å². The average Bonchev–Trinajstić information content (AvgIpc) is 2.79. The van der Waals surface area contributed by atoms with E-state index in [0.717, 1.165) is 30.8 Å². The first-order valence-electron chi connectivity index (χ1n) is 7.73. The minimum Gasteiger partial charge on any atom is -0.383 e. The highest BCUT2D eigenvalue weighted by molar-refractivity contribution is 5.81. The third kappa shape index (κ3) is 2.72. The molecule has 7 heteroatoms. The van der Waals surface area contributed by atoms with Crippen LogP contribution < -0.4 is 10.6 Å². The van der Waals surface area contributed by atoms with Gasteiger partial charge in [0.25, 0.3) is 0 Å². The largest absolute Gasteiger partial charge is 0.383 e. The van der Waals surface area contributed by atoms with Crippen molar-refractivity contribution in [2.45, 2.75) is 25.8 Å². The first-order chi connectivity index (χ1) is 10.6. The molecule has 2 unspecified atom stereocenters. The summed E-state index contributed by atoms with van der Waals surface area (Å²) in [4.78, 5) is 25.2. The number of hydrogen-bond acceptors (Lipinski definition) is 6. The number of nitrogen functional groups attached to an aromatic ring is 1. The van der Waals surface area contributed by atoms with Gasteiger partial charge in [0.2, 0.25) is 11.9 Å². The van der Waals surface area contributed by atoms with Crippen molar-refractivity contribution in [2.75, 3.05) is 44.0 Å². The molecule has 1 aromatic heterocycles. The molecule has 0 radical (unpaired) electrons. The third-order valence-electron chi connectivity index (χ3n) is 4.59. The van der Waals surface area contributed by atoms with E-state index in [-0.39, 0.29) is 23.8 Å². The smallest absolute Gasteiger partial charge is 0.227 e. The Bertz CT molecular complexity index is 565. The van der Waals surface area contributed by atoms with Crippen LogP contribution in [-0.2, 0) is 9.53 Å². The third-order valence-corrected chi connectivity index (χ3v) is 4.59. The highest BCUT2D eigenvalue weighted by Crippen LogP contribution is 2.32. The van der Waals surface area contributed by atoms with E-state index in [1.807, 2.05) is 11.8 Å². The fraction of sp³-hybridized carbons (Fsp3) is 0.667.